The normalized spacial score (nSPS) is 17.9. The summed E-state index contributed by atoms with van der Waals surface area (Å²) in [6.45, 7) is 11.8. The topological polar surface area (TPSA) is 21.3 Å². The van der Waals surface area contributed by atoms with E-state index >= 15 is 0 Å². The van der Waals surface area contributed by atoms with Crippen molar-refractivity contribution in [3.63, 3.8) is 0 Å². The van der Waals surface area contributed by atoms with Gasteiger partial charge in [0.2, 0.25) is 0 Å². The summed E-state index contributed by atoms with van der Waals surface area (Å²) >= 11 is 0. The molecule has 2 heteroatoms. The van der Waals surface area contributed by atoms with E-state index in [2.05, 4.69) is 101 Å². The van der Waals surface area contributed by atoms with Crippen LogP contribution in [0.25, 0.3) is 0 Å². The first-order valence-corrected chi connectivity index (χ1v) is 10.6. The Balaban J connectivity index is 1.68. The van der Waals surface area contributed by atoms with Crippen molar-refractivity contribution in [2.24, 2.45) is 0 Å². The van der Waals surface area contributed by atoms with Gasteiger partial charge < -0.3 is 10.1 Å². The summed E-state index contributed by atoms with van der Waals surface area (Å²) in [5.74, 6) is 1.88. The van der Waals surface area contributed by atoms with Gasteiger partial charge in [-0.25, -0.2) is 0 Å². The summed E-state index contributed by atoms with van der Waals surface area (Å²) < 4.78 is 6.35. The van der Waals surface area contributed by atoms with Crippen molar-refractivity contribution in [3.05, 3.63) is 94.0 Å². The number of hydrogen-bond acceptors (Lipinski definition) is 2. The van der Waals surface area contributed by atoms with Gasteiger partial charge >= 0.3 is 0 Å². The highest BCUT2D eigenvalue weighted by atomic mass is 16.5. The molecule has 2 nitrogen and oxygen atoms in total. The van der Waals surface area contributed by atoms with Crippen LogP contribution in [0.4, 0.5) is 5.69 Å². The quantitative estimate of drug-likeness (QED) is 0.513. The fourth-order valence-electron chi connectivity index (χ4n) is 4.33. The summed E-state index contributed by atoms with van der Waals surface area (Å²) in [6.07, 6.45) is 0.136. The maximum atomic E-state index is 6.35. The summed E-state index contributed by atoms with van der Waals surface area (Å²) in [4.78, 5) is 0. The SMILES string of the molecule is Cc1c(NCc2ccccc2)cc2c(c1C)O[C@H](C)[C@@H]2c1ccc(C(C)C)cc1. The Morgan fingerprint density at radius 3 is 2.28 bits per heavy atom. The molecular weight excluding hydrogens is 354 g/mol. The molecule has 4 rings (SSSR count). The highest BCUT2D eigenvalue weighted by Gasteiger charge is 2.34. The minimum atomic E-state index is 0.136. The van der Waals surface area contributed by atoms with Crippen LogP contribution in [-0.2, 0) is 6.54 Å². The average molecular weight is 386 g/mol. The number of rotatable bonds is 5. The van der Waals surface area contributed by atoms with Crippen LogP contribution >= 0.6 is 0 Å². The largest absolute Gasteiger partial charge is 0.489 e. The fourth-order valence-corrected chi connectivity index (χ4v) is 4.33. The van der Waals surface area contributed by atoms with Gasteiger partial charge in [-0.1, -0.05) is 68.4 Å². The number of ether oxygens (including phenoxy) is 1. The molecule has 1 heterocycles. The third-order valence-electron chi connectivity index (χ3n) is 6.27. The molecule has 0 saturated carbocycles. The second kappa shape index (κ2) is 7.94. The Morgan fingerprint density at radius 2 is 1.62 bits per heavy atom. The molecule has 0 bridgehead atoms. The number of hydrogen-bond donors (Lipinski definition) is 1. The lowest BCUT2D eigenvalue weighted by Crippen LogP contribution is -2.15. The fraction of sp³-hybridized carbons (Fsp3) is 0.333. The van der Waals surface area contributed by atoms with Crippen molar-refractivity contribution in [2.45, 2.75) is 59.1 Å². The summed E-state index contributed by atoms with van der Waals surface area (Å²) in [5, 5.41) is 3.66. The summed E-state index contributed by atoms with van der Waals surface area (Å²) in [6, 6.07) is 21.9. The average Bonchev–Trinajstić information content (AvgIpc) is 3.06. The van der Waals surface area contributed by atoms with Crippen LogP contribution in [0.3, 0.4) is 0 Å². The van der Waals surface area contributed by atoms with Gasteiger partial charge in [0.15, 0.2) is 0 Å². The van der Waals surface area contributed by atoms with Crippen LogP contribution in [0.15, 0.2) is 60.7 Å². The molecule has 1 aliphatic heterocycles. The maximum Gasteiger partial charge on any atom is 0.127 e. The Kier molecular flexibility index (Phi) is 5.36. The van der Waals surface area contributed by atoms with E-state index in [4.69, 9.17) is 4.74 Å². The molecule has 2 atom stereocenters. The van der Waals surface area contributed by atoms with Crippen molar-refractivity contribution < 1.29 is 4.74 Å². The molecule has 1 aliphatic rings. The molecule has 0 radical (unpaired) electrons. The lowest BCUT2D eigenvalue weighted by Gasteiger charge is -2.18. The van der Waals surface area contributed by atoms with Crippen molar-refractivity contribution in [3.8, 4) is 5.75 Å². The van der Waals surface area contributed by atoms with Crippen LogP contribution in [0.1, 0.15) is 66.0 Å². The van der Waals surface area contributed by atoms with Crippen LogP contribution in [-0.4, -0.2) is 6.10 Å². The van der Waals surface area contributed by atoms with Gasteiger partial charge in [0.25, 0.3) is 0 Å². The van der Waals surface area contributed by atoms with E-state index in [1.54, 1.807) is 0 Å². The zero-order chi connectivity index (χ0) is 20.5. The lowest BCUT2D eigenvalue weighted by atomic mass is 9.86. The minimum Gasteiger partial charge on any atom is -0.489 e. The molecule has 3 aromatic rings. The van der Waals surface area contributed by atoms with Crippen molar-refractivity contribution >= 4 is 5.69 Å². The van der Waals surface area contributed by atoms with E-state index in [9.17, 15) is 0 Å². The van der Waals surface area contributed by atoms with E-state index in [0.29, 0.717) is 5.92 Å². The number of nitrogens with one attached hydrogen (secondary N) is 1. The Bertz CT molecular complexity index is 989. The molecule has 3 aromatic carbocycles. The van der Waals surface area contributed by atoms with Crippen molar-refractivity contribution in [2.75, 3.05) is 5.32 Å². The van der Waals surface area contributed by atoms with Crippen LogP contribution in [0, 0.1) is 13.8 Å². The van der Waals surface area contributed by atoms with E-state index in [0.717, 1.165) is 12.3 Å². The maximum absolute atomic E-state index is 6.35. The Labute approximate surface area is 174 Å². The third kappa shape index (κ3) is 3.76. The molecule has 0 amide bonds. The molecule has 150 valence electrons. The van der Waals surface area contributed by atoms with Gasteiger partial charge in [-0.3, -0.25) is 0 Å². The third-order valence-corrected chi connectivity index (χ3v) is 6.27. The van der Waals surface area contributed by atoms with Gasteiger partial charge in [-0.05, 0) is 60.6 Å². The van der Waals surface area contributed by atoms with Crippen molar-refractivity contribution in [1.29, 1.82) is 0 Å². The van der Waals surface area contributed by atoms with Crippen LogP contribution < -0.4 is 10.1 Å². The first-order chi connectivity index (χ1) is 14.0. The second-order valence-corrected chi connectivity index (χ2v) is 8.55. The number of fused-ring (bicyclic) bond motifs is 1. The lowest BCUT2D eigenvalue weighted by molar-refractivity contribution is 0.237. The zero-order valence-corrected chi connectivity index (χ0v) is 18.1. The first kappa shape index (κ1) is 19.6. The van der Waals surface area contributed by atoms with Crippen LogP contribution in [0.2, 0.25) is 0 Å². The van der Waals surface area contributed by atoms with E-state index in [1.165, 1.54) is 39.1 Å². The summed E-state index contributed by atoms with van der Waals surface area (Å²) in [7, 11) is 0. The molecule has 0 aliphatic carbocycles. The monoisotopic (exact) mass is 385 g/mol. The van der Waals surface area contributed by atoms with E-state index in [-0.39, 0.29) is 12.0 Å². The molecule has 0 unspecified atom stereocenters. The highest BCUT2D eigenvalue weighted by molar-refractivity contribution is 5.65. The van der Waals surface area contributed by atoms with E-state index in [1.807, 2.05) is 0 Å². The minimum absolute atomic E-state index is 0.136. The van der Waals surface area contributed by atoms with Gasteiger partial charge in [0.05, 0.1) is 0 Å². The van der Waals surface area contributed by atoms with Gasteiger partial charge in [0.1, 0.15) is 11.9 Å². The molecule has 1 N–H and O–H groups in total. The standard InChI is InChI=1S/C27H31NO/c1-17(2)22-11-13-23(14-12-22)26-20(5)29-27-19(4)18(3)25(15-24(26)27)28-16-21-9-7-6-8-10-21/h6-15,17,20,26,28H,16H2,1-5H3/t20-,26-/m1/s1. The predicted molar refractivity (Wildman–Crippen MR) is 122 cm³/mol. The molecular formula is C27H31NO. The number of benzene rings is 3. The Hall–Kier alpha value is -2.74. The summed E-state index contributed by atoms with van der Waals surface area (Å²) in [5.41, 5.74) is 9.01. The molecule has 0 saturated heterocycles. The van der Waals surface area contributed by atoms with Gasteiger partial charge in [0, 0.05) is 23.7 Å². The van der Waals surface area contributed by atoms with E-state index < -0.39 is 0 Å². The first-order valence-electron chi connectivity index (χ1n) is 10.6. The molecule has 0 spiro atoms. The predicted octanol–water partition coefficient (Wildman–Crippen LogP) is 6.95. The second-order valence-electron chi connectivity index (χ2n) is 8.55. The molecule has 0 aromatic heterocycles. The van der Waals surface area contributed by atoms with Crippen molar-refractivity contribution in [1.82, 2.24) is 0 Å². The van der Waals surface area contributed by atoms with Crippen LogP contribution in [0.5, 0.6) is 5.75 Å². The smallest absolute Gasteiger partial charge is 0.127 e. The molecule has 29 heavy (non-hydrogen) atoms. The highest BCUT2D eigenvalue weighted by Crippen LogP contribution is 2.47. The number of anilines is 1. The Morgan fingerprint density at radius 1 is 0.931 bits per heavy atom. The van der Waals surface area contributed by atoms with Gasteiger partial charge in [-0.2, -0.15) is 0 Å². The zero-order valence-electron chi connectivity index (χ0n) is 18.1. The molecule has 0 fully saturated rings. The van der Waals surface area contributed by atoms with Gasteiger partial charge in [-0.15, -0.1) is 0 Å².